The molecule has 24 heavy (non-hydrogen) atoms. The maximum absolute atomic E-state index is 11.8. The van der Waals surface area contributed by atoms with Crippen LogP contribution in [0.4, 0.5) is 0 Å². The highest BCUT2D eigenvalue weighted by atomic mass is 127. The molecule has 126 valence electrons. The summed E-state index contributed by atoms with van der Waals surface area (Å²) in [6.45, 7) is 1.90. The predicted octanol–water partition coefficient (Wildman–Crippen LogP) is 3.74. The van der Waals surface area contributed by atoms with Crippen LogP contribution in [-0.4, -0.2) is 25.8 Å². The lowest BCUT2D eigenvalue weighted by molar-refractivity contribution is -0.123. The second kappa shape index (κ2) is 9.21. The molecule has 0 fully saturated rings. The first-order valence-electron chi connectivity index (χ1n) is 7.04. The number of aryl methyl sites for hydroxylation is 1. The summed E-state index contributed by atoms with van der Waals surface area (Å²) in [5.74, 6) is 1.05. The number of rotatable bonds is 6. The monoisotopic (exact) mass is 550 g/mol. The molecule has 5 nitrogen and oxygen atoms in total. The molecule has 7 heteroatoms. The van der Waals surface area contributed by atoms with Crippen molar-refractivity contribution in [3.05, 3.63) is 54.7 Å². The van der Waals surface area contributed by atoms with Crippen LogP contribution in [0.1, 0.15) is 11.1 Å². The summed E-state index contributed by atoms with van der Waals surface area (Å²) in [6, 6.07) is 11.4. The van der Waals surface area contributed by atoms with E-state index in [4.69, 9.17) is 9.47 Å². The summed E-state index contributed by atoms with van der Waals surface area (Å²) in [4.78, 5) is 11.8. The van der Waals surface area contributed by atoms with Crippen LogP contribution in [0.3, 0.4) is 0 Å². The Labute approximate surface area is 168 Å². The zero-order valence-electron chi connectivity index (χ0n) is 13.2. The first-order valence-corrected chi connectivity index (χ1v) is 9.19. The lowest BCUT2D eigenvalue weighted by atomic mass is 10.2. The molecule has 2 aromatic carbocycles. The molecule has 2 rings (SSSR count). The fourth-order valence-corrected chi connectivity index (χ4v) is 3.99. The van der Waals surface area contributed by atoms with Gasteiger partial charge in [0.05, 0.1) is 16.9 Å². The summed E-state index contributed by atoms with van der Waals surface area (Å²) in [6.07, 6.45) is 1.56. The maximum Gasteiger partial charge on any atom is 0.277 e. The van der Waals surface area contributed by atoms with Gasteiger partial charge in [-0.2, -0.15) is 5.10 Å². The van der Waals surface area contributed by atoms with E-state index in [-0.39, 0.29) is 12.5 Å². The second-order valence-corrected chi connectivity index (χ2v) is 7.31. The quantitative estimate of drug-likeness (QED) is 0.339. The number of methoxy groups -OCH3 is 1. The van der Waals surface area contributed by atoms with E-state index in [1.54, 1.807) is 13.3 Å². The van der Waals surface area contributed by atoms with Gasteiger partial charge in [0.15, 0.2) is 6.61 Å². The molecule has 0 radical (unpaired) electrons. The first-order chi connectivity index (χ1) is 11.5. The molecule has 0 heterocycles. The molecule has 0 saturated heterocycles. The topological polar surface area (TPSA) is 59.9 Å². The van der Waals surface area contributed by atoms with Gasteiger partial charge < -0.3 is 9.47 Å². The Morgan fingerprint density at radius 1 is 1.25 bits per heavy atom. The van der Waals surface area contributed by atoms with Crippen molar-refractivity contribution in [2.45, 2.75) is 6.92 Å². The number of carbonyl (C=O) groups is 1. The van der Waals surface area contributed by atoms with Gasteiger partial charge in [0.2, 0.25) is 0 Å². The van der Waals surface area contributed by atoms with Gasteiger partial charge in [-0.05, 0) is 76.4 Å². The van der Waals surface area contributed by atoms with Gasteiger partial charge in [-0.15, -0.1) is 0 Å². The highest BCUT2D eigenvalue weighted by Crippen LogP contribution is 2.26. The zero-order chi connectivity index (χ0) is 17.5. The number of nitrogens with one attached hydrogen (secondary N) is 1. The molecule has 0 saturated carbocycles. The lowest BCUT2D eigenvalue weighted by Gasteiger charge is -2.08. The van der Waals surface area contributed by atoms with Crippen LogP contribution >= 0.6 is 45.2 Å². The Hall–Kier alpha value is -1.36. The average molecular weight is 550 g/mol. The van der Waals surface area contributed by atoms with Gasteiger partial charge in [-0.1, -0.05) is 17.7 Å². The highest BCUT2D eigenvalue weighted by molar-refractivity contribution is 14.1. The number of benzene rings is 2. The van der Waals surface area contributed by atoms with E-state index in [1.165, 1.54) is 0 Å². The summed E-state index contributed by atoms with van der Waals surface area (Å²) >= 11 is 4.42. The highest BCUT2D eigenvalue weighted by Gasteiger charge is 2.07. The lowest BCUT2D eigenvalue weighted by Crippen LogP contribution is -2.24. The largest absolute Gasteiger partial charge is 0.495 e. The predicted molar refractivity (Wildman–Crippen MR) is 111 cm³/mol. The van der Waals surface area contributed by atoms with E-state index in [2.05, 4.69) is 55.7 Å². The van der Waals surface area contributed by atoms with E-state index in [0.29, 0.717) is 5.75 Å². The minimum atomic E-state index is -0.328. The van der Waals surface area contributed by atoms with Gasteiger partial charge >= 0.3 is 0 Å². The maximum atomic E-state index is 11.8. The number of hydrogen-bond acceptors (Lipinski definition) is 4. The molecule has 0 bridgehead atoms. The van der Waals surface area contributed by atoms with Crippen molar-refractivity contribution < 1.29 is 14.3 Å². The minimum absolute atomic E-state index is 0.0958. The third-order valence-corrected chi connectivity index (χ3v) is 4.45. The van der Waals surface area contributed by atoms with Crippen molar-refractivity contribution in [2.75, 3.05) is 13.7 Å². The van der Waals surface area contributed by atoms with Crippen molar-refractivity contribution >= 4 is 57.3 Å². The number of halogens is 2. The Bertz CT molecular complexity index is 746. The number of ether oxygens (including phenoxy) is 2. The molecule has 0 aliphatic rings. The summed E-state index contributed by atoms with van der Waals surface area (Å²) in [5, 5.41) is 3.97. The molecular formula is C17H16I2N2O3. The van der Waals surface area contributed by atoms with Gasteiger partial charge in [0.25, 0.3) is 5.91 Å². The first kappa shape index (κ1) is 19.0. The Morgan fingerprint density at radius 3 is 2.62 bits per heavy atom. The number of hydrazone groups is 1. The Morgan fingerprint density at radius 2 is 1.96 bits per heavy atom. The molecule has 0 aliphatic heterocycles. The Kier molecular flexibility index (Phi) is 7.28. The van der Waals surface area contributed by atoms with Gasteiger partial charge in [-0.25, -0.2) is 5.43 Å². The molecule has 0 spiro atoms. The van der Waals surface area contributed by atoms with Crippen molar-refractivity contribution in [2.24, 2.45) is 5.10 Å². The van der Waals surface area contributed by atoms with Crippen LogP contribution in [0.25, 0.3) is 0 Å². The van der Waals surface area contributed by atoms with E-state index in [9.17, 15) is 4.79 Å². The molecule has 1 N–H and O–H groups in total. The average Bonchev–Trinajstić information content (AvgIpc) is 2.54. The molecule has 0 aliphatic carbocycles. The van der Waals surface area contributed by atoms with Gasteiger partial charge in [-0.3, -0.25) is 4.79 Å². The summed E-state index contributed by atoms with van der Waals surface area (Å²) in [7, 11) is 1.61. The van der Waals surface area contributed by atoms with Crippen molar-refractivity contribution in [3.8, 4) is 11.5 Å². The third kappa shape index (κ3) is 5.62. The third-order valence-electron chi connectivity index (χ3n) is 3.03. The molecule has 0 aromatic heterocycles. The molecule has 2 aromatic rings. The zero-order valence-corrected chi connectivity index (χ0v) is 17.5. The van der Waals surface area contributed by atoms with E-state index >= 15 is 0 Å². The summed E-state index contributed by atoms with van der Waals surface area (Å²) < 4.78 is 12.8. The SMILES string of the molecule is COc1c(I)cc(I)cc1/C=N/NC(=O)COc1ccc(C)cc1. The van der Waals surface area contributed by atoms with E-state index < -0.39 is 0 Å². The number of nitrogens with zero attached hydrogens (tertiary/aromatic N) is 1. The van der Waals surface area contributed by atoms with Crippen molar-refractivity contribution in [3.63, 3.8) is 0 Å². The van der Waals surface area contributed by atoms with Gasteiger partial charge in [0.1, 0.15) is 11.5 Å². The Balaban J connectivity index is 1.91. The molecular weight excluding hydrogens is 534 g/mol. The van der Waals surface area contributed by atoms with Crippen LogP contribution < -0.4 is 14.9 Å². The van der Waals surface area contributed by atoms with E-state index in [1.807, 2.05) is 43.3 Å². The molecule has 0 unspecified atom stereocenters. The summed E-state index contributed by atoms with van der Waals surface area (Å²) in [5.41, 5.74) is 4.38. The minimum Gasteiger partial charge on any atom is -0.495 e. The van der Waals surface area contributed by atoms with Crippen LogP contribution in [0, 0.1) is 14.1 Å². The van der Waals surface area contributed by atoms with Crippen LogP contribution in [0.5, 0.6) is 11.5 Å². The van der Waals surface area contributed by atoms with Crippen LogP contribution in [0.2, 0.25) is 0 Å². The normalized spacial score (nSPS) is 10.7. The van der Waals surface area contributed by atoms with Gasteiger partial charge in [0, 0.05) is 9.13 Å². The second-order valence-electron chi connectivity index (χ2n) is 4.90. The van der Waals surface area contributed by atoms with Crippen molar-refractivity contribution in [1.29, 1.82) is 0 Å². The molecule has 1 amide bonds. The molecule has 0 atom stereocenters. The number of carbonyl (C=O) groups excluding carboxylic acids is 1. The number of hydrogen-bond donors (Lipinski definition) is 1. The van der Waals surface area contributed by atoms with Crippen LogP contribution in [-0.2, 0) is 4.79 Å². The van der Waals surface area contributed by atoms with Crippen molar-refractivity contribution in [1.82, 2.24) is 5.43 Å². The van der Waals surface area contributed by atoms with E-state index in [0.717, 1.165) is 24.0 Å². The van der Waals surface area contributed by atoms with Crippen LogP contribution in [0.15, 0.2) is 41.5 Å². The fourth-order valence-electron chi connectivity index (χ4n) is 1.88. The standard InChI is InChI=1S/C17H16I2N2O3/c1-11-3-5-14(6-4-11)24-10-16(22)21-20-9-12-7-13(18)8-15(19)17(12)23-2/h3-9H,10H2,1-2H3,(H,21,22)/b20-9+. The number of amides is 1. The smallest absolute Gasteiger partial charge is 0.277 e. The fraction of sp³-hybridized carbons (Fsp3) is 0.176.